The number of hydrogen-bond acceptors (Lipinski definition) is 13. The van der Waals surface area contributed by atoms with Gasteiger partial charge in [-0.15, -0.1) is 0 Å². The minimum Gasteiger partial charge on any atom is -0.504 e. The largest absolute Gasteiger partial charge is 0.504 e. The minimum absolute atomic E-state index is 0.0434. The molecule has 0 unspecified atom stereocenters. The molecule has 7 N–H and O–H groups in total. The molecule has 4 rings (SSSR count). The number of hydrogen-bond donors (Lipinski definition) is 7. The lowest BCUT2D eigenvalue weighted by atomic mass is 9.84. The van der Waals surface area contributed by atoms with Crippen molar-refractivity contribution in [2.24, 2.45) is 0 Å². The van der Waals surface area contributed by atoms with E-state index in [0.717, 1.165) is 18.1 Å². The van der Waals surface area contributed by atoms with Gasteiger partial charge in [-0.3, -0.25) is 4.79 Å². The molecule has 1 fully saturated rings. The lowest BCUT2D eigenvalue weighted by molar-refractivity contribution is -0.333. The number of fused-ring (bicyclic) bond motifs is 2. The van der Waals surface area contributed by atoms with Gasteiger partial charge in [0.2, 0.25) is 5.79 Å². The van der Waals surface area contributed by atoms with Gasteiger partial charge in [0.15, 0.2) is 23.7 Å². The van der Waals surface area contributed by atoms with Gasteiger partial charge in [-0.05, 0) is 73.1 Å². The Kier molecular flexibility index (Phi) is 12.7. The van der Waals surface area contributed by atoms with Crippen molar-refractivity contribution < 1.29 is 59.2 Å². The van der Waals surface area contributed by atoms with Crippen molar-refractivity contribution in [2.75, 3.05) is 26.9 Å². The molecule has 2 heterocycles. The number of ether oxygens (including phenoxy) is 4. The number of aliphatic hydroxyl groups excluding tert-OH is 4. The van der Waals surface area contributed by atoms with Gasteiger partial charge < -0.3 is 54.9 Å². The maximum atomic E-state index is 14.1. The Morgan fingerprint density at radius 3 is 2.56 bits per heavy atom. The molecule has 2 aromatic rings. The standard InChI is InChI=1S/C35H45NO12/c1-20(39)19-36-27-9-12-35(44)33(32(46-21(2)40)30(42)31(27)48-35)47-34(43)26(16-23-7-8-28(41)29(17-23)45-3)18-25(11-14-38)24-6-4-5-22(15-24)10-13-37/h4-9,12,15-17,20,25,27,30-33,36-39,41-42,44H,10-11,13-14,18-19H2,1-3H3/b26-16+/t20-,25-,27+,30-,31-,32+,33+,35+/m0/s1. The number of esters is 2. The molecule has 2 aromatic carbocycles. The van der Waals surface area contributed by atoms with Crippen LogP contribution in [0.3, 0.4) is 0 Å². The monoisotopic (exact) mass is 671 g/mol. The Morgan fingerprint density at radius 2 is 1.90 bits per heavy atom. The SMILES string of the molecule is COc1cc(/C=C(\C[C@H](CCO)c2cccc(CCO)c2)C(=O)O[C@@H]2[C@H](OC(C)=O)[C@@H](O)[C@H]3O[C@]2(O)C=C[C@H]3NC[C@H](C)O)ccc1O. The Bertz CT molecular complexity index is 1480. The summed E-state index contributed by atoms with van der Waals surface area (Å²) in [4.78, 5) is 26.3. The second-order valence-electron chi connectivity index (χ2n) is 12.1. The number of aromatic hydroxyl groups is 1. The molecule has 2 aliphatic heterocycles. The molecule has 0 spiro atoms. The molecule has 13 heteroatoms. The summed E-state index contributed by atoms with van der Waals surface area (Å²) in [6.07, 6.45) is -1.60. The molecule has 0 aliphatic carbocycles. The third-order valence-corrected chi connectivity index (χ3v) is 8.36. The number of nitrogens with one attached hydrogen (secondary N) is 1. The average molecular weight is 672 g/mol. The third kappa shape index (κ3) is 8.99. The number of carbonyl (C=O) groups is 2. The molecule has 1 saturated heterocycles. The topological polar surface area (TPSA) is 204 Å². The Morgan fingerprint density at radius 1 is 1.12 bits per heavy atom. The number of methoxy groups -OCH3 is 1. The summed E-state index contributed by atoms with van der Waals surface area (Å²) in [5.74, 6) is -4.37. The molecule has 2 aliphatic rings. The first-order valence-corrected chi connectivity index (χ1v) is 15.8. The van der Waals surface area contributed by atoms with Gasteiger partial charge in [0.1, 0.15) is 12.2 Å². The maximum Gasteiger partial charge on any atom is 0.334 e. The van der Waals surface area contributed by atoms with E-state index in [0.29, 0.717) is 12.0 Å². The van der Waals surface area contributed by atoms with Gasteiger partial charge in [-0.25, -0.2) is 4.79 Å². The van der Waals surface area contributed by atoms with Gasteiger partial charge in [0, 0.05) is 32.3 Å². The van der Waals surface area contributed by atoms with Crippen molar-refractivity contribution in [1.29, 1.82) is 0 Å². The van der Waals surface area contributed by atoms with E-state index in [1.807, 2.05) is 24.3 Å². The predicted molar refractivity (Wildman–Crippen MR) is 173 cm³/mol. The smallest absolute Gasteiger partial charge is 0.334 e. The van der Waals surface area contributed by atoms with Crippen molar-refractivity contribution in [2.45, 2.75) is 81.4 Å². The zero-order chi connectivity index (χ0) is 35.0. The van der Waals surface area contributed by atoms with Crippen LogP contribution in [0.2, 0.25) is 0 Å². The molecular weight excluding hydrogens is 626 g/mol. The number of rotatable bonds is 15. The van der Waals surface area contributed by atoms with Gasteiger partial charge >= 0.3 is 11.9 Å². The average Bonchev–Trinajstić information content (AvgIpc) is 3.05. The quantitative estimate of drug-likeness (QED) is 0.0806. The van der Waals surface area contributed by atoms with Crippen LogP contribution in [0.25, 0.3) is 6.08 Å². The molecule has 0 aromatic heterocycles. The van der Waals surface area contributed by atoms with Gasteiger partial charge in [0.05, 0.1) is 19.3 Å². The maximum absolute atomic E-state index is 14.1. The minimum atomic E-state index is -2.29. The van der Waals surface area contributed by atoms with E-state index >= 15 is 0 Å². The Labute approximate surface area is 279 Å². The molecule has 13 nitrogen and oxygen atoms in total. The molecule has 48 heavy (non-hydrogen) atoms. The fraction of sp³-hybridized carbons (Fsp3) is 0.486. The number of carbonyl (C=O) groups excluding carboxylic acids is 2. The van der Waals surface area contributed by atoms with Gasteiger partial charge in [0.25, 0.3) is 0 Å². The van der Waals surface area contributed by atoms with Crippen molar-refractivity contribution >= 4 is 18.0 Å². The van der Waals surface area contributed by atoms with Crippen LogP contribution < -0.4 is 10.1 Å². The van der Waals surface area contributed by atoms with Crippen LogP contribution in [0.15, 0.2) is 60.2 Å². The van der Waals surface area contributed by atoms with E-state index in [9.17, 15) is 40.2 Å². The molecular formula is C35H45NO12. The van der Waals surface area contributed by atoms with Crippen molar-refractivity contribution in [3.63, 3.8) is 0 Å². The number of phenols is 1. The van der Waals surface area contributed by atoms with E-state index in [4.69, 9.17) is 18.9 Å². The third-order valence-electron chi connectivity index (χ3n) is 8.36. The number of benzene rings is 2. The summed E-state index contributed by atoms with van der Waals surface area (Å²) >= 11 is 0. The fourth-order valence-electron chi connectivity index (χ4n) is 6.01. The molecule has 0 amide bonds. The molecule has 0 saturated carbocycles. The summed E-state index contributed by atoms with van der Waals surface area (Å²) < 4.78 is 22.4. The van der Waals surface area contributed by atoms with Crippen LogP contribution in [0.4, 0.5) is 0 Å². The Balaban J connectivity index is 1.73. The zero-order valence-electron chi connectivity index (χ0n) is 27.2. The number of aliphatic hydroxyl groups is 5. The molecule has 0 radical (unpaired) electrons. The van der Waals surface area contributed by atoms with Crippen molar-refractivity contribution in [3.05, 3.63) is 76.9 Å². The Hall–Kier alpha value is -3.82. The highest BCUT2D eigenvalue weighted by Gasteiger charge is 2.59. The highest BCUT2D eigenvalue weighted by Crippen LogP contribution is 2.39. The van der Waals surface area contributed by atoms with Crippen LogP contribution in [-0.2, 0) is 30.2 Å². The molecule has 8 atom stereocenters. The lowest BCUT2D eigenvalue weighted by Gasteiger charge is -2.51. The van der Waals surface area contributed by atoms with Crippen LogP contribution in [-0.4, -0.2) is 112 Å². The first-order valence-electron chi connectivity index (χ1n) is 15.8. The van der Waals surface area contributed by atoms with Crippen LogP contribution >= 0.6 is 0 Å². The summed E-state index contributed by atoms with van der Waals surface area (Å²) in [5.41, 5.74) is 2.23. The highest BCUT2D eigenvalue weighted by molar-refractivity contribution is 5.94. The van der Waals surface area contributed by atoms with Crippen LogP contribution in [0.5, 0.6) is 11.5 Å². The van der Waals surface area contributed by atoms with E-state index < -0.39 is 60.2 Å². The summed E-state index contributed by atoms with van der Waals surface area (Å²) in [7, 11) is 1.38. The normalized spacial score (nSPS) is 26.4. The van der Waals surface area contributed by atoms with Gasteiger partial charge in [-0.2, -0.15) is 0 Å². The predicted octanol–water partition coefficient (Wildman–Crippen LogP) is 1.08. The van der Waals surface area contributed by atoms with Crippen LogP contribution in [0, 0.1) is 0 Å². The summed E-state index contributed by atoms with van der Waals surface area (Å²) in [5, 5.41) is 65.2. The molecule has 262 valence electrons. The second kappa shape index (κ2) is 16.5. The first kappa shape index (κ1) is 37.0. The fourth-order valence-corrected chi connectivity index (χ4v) is 6.01. The van der Waals surface area contributed by atoms with E-state index in [2.05, 4.69) is 5.32 Å². The summed E-state index contributed by atoms with van der Waals surface area (Å²) in [6, 6.07) is 11.2. The van der Waals surface area contributed by atoms with Crippen LogP contribution in [0.1, 0.15) is 49.3 Å². The van der Waals surface area contributed by atoms with Crippen molar-refractivity contribution in [3.8, 4) is 11.5 Å². The van der Waals surface area contributed by atoms with Gasteiger partial charge in [-0.1, -0.05) is 36.4 Å². The van der Waals surface area contributed by atoms with Crippen molar-refractivity contribution in [1.82, 2.24) is 5.32 Å². The first-order chi connectivity index (χ1) is 22.9. The van der Waals surface area contributed by atoms with E-state index in [1.165, 1.54) is 37.5 Å². The summed E-state index contributed by atoms with van der Waals surface area (Å²) in [6.45, 7) is 2.58. The van der Waals surface area contributed by atoms with E-state index in [1.54, 1.807) is 13.0 Å². The number of phenolic OH excluding ortho intramolecular Hbond substituents is 1. The molecule has 2 bridgehead atoms. The lowest BCUT2D eigenvalue weighted by Crippen LogP contribution is -2.71. The second-order valence-corrected chi connectivity index (χ2v) is 12.1. The highest BCUT2D eigenvalue weighted by atomic mass is 16.7. The zero-order valence-corrected chi connectivity index (χ0v) is 27.2. The van der Waals surface area contributed by atoms with E-state index in [-0.39, 0.29) is 49.7 Å².